The van der Waals surface area contributed by atoms with Crippen LogP contribution in [0.2, 0.25) is 0 Å². The number of aryl methyl sites for hydroxylation is 1. The molecule has 1 aliphatic rings. The molecule has 0 aromatic carbocycles. The SMILES string of the molecule is Cn1cncc1CN1CCNCC1c1cccnc1. The third-order valence-electron chi connectivity index (χ3n) is 3.70. The predicted octanol–water partition coefficient (Wildman–Crippen LogP) is 0.962. The Balaban J connectivity index is 1.80. The lowest BCUT2D eigenvalue weighted by molar-refractivity contribution is 0.150. The zero-order valence-corrected chi connectivity index (χ0v) is 11.2. The van der Waals surface area contributed by atoms with E-state index in [-0.39, 0.29) is 0 Å². The molecule has 3 rings (SSSR count). The molecule has 0 radical (unpaired) electrons. The highest BCUT2D eigenvalue weighted by atomic mass is 15.2. The van der Waals surface area contributed by atoms with Crippen LogP contribution >= 0.6 is 0 Å². The molecule has 5 nitrogen and oxygen atoms in total. The monoisotopic (exact) mass is 257 g/mol. The van der Waals surface area contributed by atoms with Gasteiger partial charge >= 0.3 is 0 Å². The Bertz CT molecular complexity index is 522. The van der Waals surface area contributed by atoms with E-state index in [0.717, 1.165) is 26.2 Å². The topological polar surface area (TPSA) is 46.0 Å². The van der Waals surface area contributed by atoms with Crippen LogP contribution in [0.25, 0.3) is 0 Å². The molecule has 2 aromatic rings. The average molecular weight is 257 g/mol. The van der Waals surface area contributed by atoms with Crippen molar-refractivity contribution in [2.75, 3.05) is 19.6 Å². The van der Waals surface area contributed by atoms with E-state index in [9.17, 15) is 0 Å². The van der Waals surface area contributed by atoms with Gasteiger partial charge in [0.25, 0.3) is 0 Å². The van der Waals surface area contributed by atoms with Crippen molar-refractivity contribution >= 4 is 0 Å². The fourth-order valence-corrected chi connectivity index (χ4v) is 2.58. The molecule has 0 saturated carbocycles. The Kier molecular flexibility index (Phi) is 3.57. The molecule has 5 heteroatoms. The van der Waals surface area contributed by atoms with Crippen LogP contribution in [-0.4, -0.2) is 39.1 Å². The number of rotatable bonds is 3. The Hall–Kier alpha value is -1.72. The van der Waals surface area contributed by atoms with Gasteiger partial charge in [-0.25, -0.2) is 4.98 Å². The van der Waals surface area contributed by atoms with Crippen LogP contribution in [0.1, 0.15) is 17.3 Å². The van der Waals surface area contributed by atoms with Gasteiger partial charge in [-0.15, -0.1) is 0 Å². The van der Waals surface area contributed by atoms with Crippen LogP contribution in [0.4, 0.5) is 0 Å². The first-order chi connectivity index (χ1) is 9.34. The second kappa shape index (κ2) is 5.50. The molecule has 19 heavy (non-hydrogen) atoms. The first-order valence-corrected chi connectivity index (χ1v) is 6.64. The molecule has 0 bridgehead atoms. The van der Waals surface area contributed by atoms with Gasteiger partial charge in [-0.05, 0) is 11.6 Å². The maximum Gasteiger partial charge on any atom is 0.0945 e. The molecular formula is C14H19N5. The first-order valence-electron chi connectivity index (χ1n) is 6.64. The van der Waals surface area contributed by atoms with Crippen LogP contribution in [0, 0.1) is 0 Å². The normalized spacial score (nSPS) is 20.6. The molecule has 3 heterocycles. The largest absolute Gasteiger partial charge is 0.337 e. The zero-order chi connectivity index (χ0) is 13.1. The van der Waals surface area contributed by atoms with E-state index in [2.05, 4.69) is 30.8 Å². The van der Waals surface area contributed by atoms with Gasteiger partial charge in [0.05, 0.1) is 12.0 Å². The maximum absolute atomic E-state index is 4.24. The van der Waals surface area contributed by atoms with Crippen LogP contribution < -0.4 is 5.32 Å². The summed E-state index contributed by atoms with van der Waals surface area (Å²) in [5.41, 5.74) is 2.52. The van der Waals surface area contributed by atoms with Crippen LogP contribution in [-0.2, 0) is 13.6 Å². The van der Waals surface area contributed by atoms with E-state index in [1.54, 1.807) is 0 Å². The van der Waals surface area contributed by atoms with Crippen LogP contribution in [0.5, 0.6) is 0 Å². The van der Waals surface area contributed by atoms with Crippen molar-refractivity contribution in [3.8, 4) is 0 Å². The molecule has 0 spiro atoms. The summed E-state index contributed by atoms with van der Waals surface area (Å²) in [6.45, 7) is 3.99. The molecule has 0 aliphatic carbocycles. The summed E-state index contributed by atoms with van der Waals surface area (Å²) < 4.78 is 2.09. The number of nitrogens with zero attached hydrogens (tertiary/aromatic N) is 4. The lowest BCUT2D eigenvalue weighted by Crippen LogP contribution is -2.45. The summed E-state index contributed by atoms with van der Waals surface area (Å²) in [6.07, 6.45) is 7.60. The maximum atomic E-state index is 4.24. The summed E-state index contributed by atoms with van der Waals surface area (Å²) in [4.78, 5) is 10.9. The number of hydrogen-bond acceptors (Lipinski definition) is 4. The highest BCUT2D eigenvalue weighted by Gasteiger charge is 2.24. The van der Waals surface area contributed by atoms with E-state index >= 15 is 0 Å². The van der Waals surface area contributed by atoms with Crippen molar-refractivity contribution in [2.24, 2.45) is 7.05 Å². The number of hydrogen-bond donors (Lipinski definition) is 1. The minimum absolute atomic E-state index is 0.386. The van der Waals surface area contributed by atoms with Crippen molar-refractivity contribution in [3.05, 3.63) is 48.3 Å². The predicted molar refractivity (Wildman–Crippen MR) is 73.5 cm³/mol. The van der Waals surface area contributed by atoms with Crippen molar-refractivity contribution in [1.82, 2.24) is 24.8 Å². The number of nitrogens with one attached hydrogen (secondary N) is 1. The van der Waals surface area contributed by atoms with Crippen molar-refractivity contribution in [3.63, 3.8) is 0 Å². The number of aromatic nitrogens is 3. The molecule has 2 aromatic heterocycles. The first kappa shape index (κ1) is 12.3. The molecule has 1 aliphatic heterocycles. The van der Waals surface area contributed by atoms with Gasteiger partial charge < -0.3 is 9.88 Å². The Labute approximate surface area is 113 Å². The average Bonchev–Trinajstić information content (AvgIpc) is 2.86. The van der Waals surface area contributed by atoms with Gasteiger partial charge in [-0.3, -0.25) is 9.88 Å². The minimum Gasteiger partial charge on any atom is -0.337 e. The third-order valence-corrected chi connectivity index (χ3v) is 3.70. The summed E-state index contributed by atoms with van der Waals surface area (Å²) in [6, 6.07) is 4.55. The minimum atomic E-state index is 0.386. The Morgan fingerprint density at radius 1 is 1.37 bits per heavy atom. The van der Waals surface area contributed by atoms with E-state index < -0.39 is 0 Å². The van der Waals surface area contributed by atoms with Crippen molar-refractivity contribution in [1.29, 1.82) is 0 Å². The quantitative estimate of drug-likeness (QED) is 0.889. The molecule has 1 unspecified atom stereocenters. The molecule has 1 atom stereocenters. The molecule has 0 amide bonds. The standard InChI is InChI=1S/C14H19N5/c1-18-11-17-8-13(18)10-19-6-5-16-9-14(19)12-3-2-4-15-7-12/h2-4,7-8,11,14,16H,5-6,9-10H2,1H3. The number of pyridine rings is 1. The lowest BCUT2D eigenvalue weighted by Gasteiger charge is -2.36. The summed E-state index contributed by atoms with van der Waals surface area (Å²) in [5.74, 6) is 0. The smallest absolute Gasteiger partial charge is 0.0945 e. The van der Waals surface area contributed by atoms with Gasteiger partial charge in [-0.2, -0.15) is 0 Å². The van der Waals surface area contributed by atoms with Gasteiger partial charge in [0, 0.05) is 57.9 Å². The molecular weight excluding hydrogens is 238 g/mol. The van der Waals surface area contributed by atoms with E-state index in [0.29, 0.717) is 6.04 Å². The summed E-state index contributed by atoms with van der Waals surface area (Å²) >= 11 is 0. The second-order valence-electron chi connectivity index (χ2n) is 4.97. The highest BCUT2D eigenvalue weighted by Crippen LogP contribution is 2.23. The third kappa shape index (κ3) is 2.67. The molecule has 1 N–H and O–H groups in total. The second-order valence-corrected chi connectivity index (χ2v) is 4.97. The zero-order valence-electron chi connectivity index (χ0n) is 11.2. The van der Waals surface area contributed by atoms with E-state index in [1.807, 2.05) is 38.0 Å². The van der Waals surface area contributed by atoms with Crippen molar-refractivity contribution < 1.29 is 0 Å². The highest BCUT2D eigenvalue weighted by molar-refractivity contribution is 5.16. The fourth-order valence-electron chi connectivity index (χ4n) is 2.58. The van der Waals surface area contributed by atoms with E-state index in [1.165, 1.54) is 11.3 Å². The molecule has 1 saturated heterocycles. The summed E-state index contributed by atoms with van der Waals surface area (Å²) in [5, 5.41) is 3.47. The lowest BCUT2D eigenvalue weighted by atomic mass is 10.1. The number of piperazine rings is 1. The summed E-state index contributed by atoms with van der Waals surface area (Å²) in [7, 11) is 2.05. The van der Waals surface area contributed by atoms with Gasteiger partial charge in [0.2, 0.25) is 0 Å². The van der Waals surface area contributed by atoms with Crippen LogP contribution in [0.3, 0.4) is 0 Å². The Morgan fingerprint density at radius 2 is 2.32 bits per heavy atom. The Morgan fingerprint density at radius 3 is 3.05 bits per heavy atom. The van der Waals surface area contributed by atoms with E-state index in [4.69, 9.17) is 0 Å². The van der Waals surface area contributed by atoms with Crippen LogP contribution in [0.15, 0.2) is 37.1 Å². The molecule has 100 valence electrons. The van der Waals surface area contributed by atoms with Gasteiger partial charge in [0.15, 0.2) is 0 Å². The van der Waals surface area contributed by atoms with Crippen molar-refractivity contribution in [2.45, 2.75) is 12.6 Å². The fraction of sp³-hybridized carbons (Fsp3) is 0.429. The van der Waals surface area contributed by atoms with Gasteiger partial charge in [-0.1, -0.05) is 6.07 Å². The van der Waals surface area contributed by atoms with Gasteiger partial charge in [0.1, 0.15) is 0 Å². The number of imidazole rings is 1. The molecule has 1 fully saturated rings.